The molecule has 51 heavy (non-hydrogen) atoms. The highest BCUT2D eigenvalue weighted by molar-refractivity contribution is 7.45. The first-order valence-electron chi connectivity index (χ1n) is 20.9. The van der Waals surface area contributed by atoms with E-state index in [1.807, 2.05) is 21.1 Å². The summed E-state index contributed by atoms with van der Waals surface area (Å²) in [4.78, 5) is 37.4. The van der Waals surface area contributed by atoms with Crippen molar-refractivity contribution >= 4 is 19.8 Å². The molecule has 0 N–H and O–H groups in total. The van der Waals surface area contributed by atoms with Crippen LogP contribution in [0, 0.1) is 0 Å². The minimum atomic E-state index is -4.62. The highest BCUT2D eigenvalue weighted by Crippen LogP contribution is 2.38. The Morgan fingerprint density at radius 3 is 1.45 bits per heavy atom. The van der Waals surface area contributed by atoms with Gasteiger partial charge in [-0.3, -0.25) is 14.2 Å². The Labute approximate surface area is 314 Å². The van der Waals surface area contributed by atoms with Crippen LogP contribution in [0.25, 0.3) is 0 Å². The highest BCUT2D eigenvalue weighted by atomic mass is 31.2. The summed E-state index contributed by atoms with van der Waals surface area (Å²) in [5.74, 6) is -0.838. The largest absolute Gasteiger partial charge is 0.756 e. The van der Waals surface area contributed by atoms with E-state index >= 15 is 0 Å². The maximum atomic E-state index is 12.6. The molecule has 0 fully saturated rings. The van der Waals surface area contributed by atoms with E-state index < -0.39 is 26.5 Å². The Morgan fingerprint density at radius 1 is 0.588 bits per heavy atom. The number of rotatable bonds is 38. The molecule has 9 nitrogen and oxygen atoms in total. The van der Waals surface area contributed by atoms with Crippen LogP contribution in [0.5, 0.6) is 0 Å². The number of carbonyl (C=O) groups excluding carboxylic acids is 2. The molecule has 0 heterocycles. The van der Waals surface area contributed by atoms with Crippen molar-refractivity contribution in [1.82, 2.24) is 0 Å². The Morgan fingerprint density at radius 2 is 1.00 bits per heavy atom. The topological polar surface area (TPSA) is 111 Å². The fourth-order valence-electron chi connectivity index (χ4n) is 5.71. The lowest BCUT2D eigenvalue weighted by Crippen LogP contribution is -2.37. The number of allylic oxidation sites excluding steroid dienone is 2. The smallest absolute Gasteiger partial charge is 0.306 e. The Kier molecular flexibility index (Phi) is 33.7. The van der Waals surface area contributed by atoms with Gasteiger partial charge in [-0.25, -0.2) is 0 Å². The summed E-state index contributed by atoms with van der Waals surface area (Å²) in [6, 6.07) is 0. The minimum Gasteiger partial charge on any atom is -0.756 e. The fraction of sp³-hybridized carbons (Fsp3) is 0.902. The summed E-state index contributed by atoms with van der Waals surface area (Å²) in [6.45, 7) is 4.21. The van der Waals surface area contributed by atoms with Gasteiger partial charge in [-0.15, -0.1) is 0 Å². The van der Waals surface area contributed by atoms with Crippen LogP contribution in [-0.4, -0.2) is 70.0 Å². The average molecular weight is 746 g/mol. The molecule has 10 heteroatoms. The van der Waals surface area contributed by atoms with E-state index in [4.69, 9.17) is 18.5 Å². The molecule has 0 aliphatic carbocycles. The van der Waals surface area contributed by atoms with E-state index in [1.54, 1.807) is 0 Å². The van der Waals surface area contributed by atoms with Crippen LogP contribution in [0.4, 0.5) is 0 Å². The molecule has 0 aromatic rings. The van der Waals surface area contributed by atoms with Gasteiger partial charge in [0.1, 0.15) is 19.8 Å². The van der Waals surface area contributed by atoms with E-state index in [1.165, 1.54) is 103 Å². The molecule has 0 aromatic heterocycles. The first-order chi connectivity index (χ1) is 24.5. The molecule has 302 valence electrons. The second kappa shape index (κ2) is 34.5. The number of carbonyl (C=O) groups is 2. The molecule has 0 saturated heterocycles. The van der Waals surface area contributed by atoms with Crippen LogP contribution in [-0.2, 0) is 32.7 Å². The van der Waals surface area contributed by atoms with Gasteiger partial charge in [-0.1, -0.05) is 148 Å². The molecular formula is C41H80NO8P. The number of hydrogen-bond donors (Lipinski definition) is 0. The molecule has 0 radical (unpaired) electrons. The van der Waals surface area contributed by atoms with Crippen molar-refractivity contribution in [1.29, 1.82) is 0 Å². The lowest BCUT2D eigenvalue weighted by Gasteiger charge is -2.28. The molecule has 0 spiro atoms. The van der Waals surface area contributed by atoms with Crippen molar-refractivity contribution in [3.8, 4) is 0 Å². The van der Waals surface area contributed by atoms with Crippen LogP contribution < -0.4 is 4.89 Å². The number of ether oxygens (including phenoxy) is 2. The molecule has 0 bridgehead atoms. The Hall–Kier alpha value is -1.25. The maximum absolute atomic E-state index is 12.6. The Balaban J connectivity index is 4.39. The molecule has 0 amide bonds. The second-order valence-corrected chi connectivity index (χ2v) is 16.8. The van der Waals surface area contributed by atoms with Crippen LogP contribution in [0.15, 0.2) is 12.2 Å². The van der Waals surface area contributed by atoms with Crippen molar-refractivity contribution in [2.24, 2.45) is 0 Å². The van der Waals surface area contributed by atoms with Gasteiger partial charge in [0.25, 0.3) is 7.82 Å². The third-order valence-electron chi connectivity index (χ3n) is 9.04. The van der Waals surface area contributed by atoms with Gasteiger partial charge in [-0.2, -0.15) is 0 Å². The lowest BCUT2D eigenvalue weighted by molar-refractivity contribution is -0.870. The zero-order chi connectivity index (χ0) is 37.9. The SMILES string of the molecule is CCCCCCC/C=C/CCCCCCCC(=O)OC[C@H](COP(=O)([O-])OCC[N+](C)(C)C)OC(=O)CCCCCCCCCCCCCCC. The normalized spacial score (nSPS) is 13.8. The number of unbranched alkanes of at least 4 members (excludes halogenated alkanes) is 22. The number of hydrogen-bond acceptors (Lipinski definition) is 8. The quantitative estimate of drug-likeness (QED) is 0.0202. The van der Waals surface area contributed by atoms with Gasteiger partial charge in [0.05, 0.1) is 27.7 Å². The minimum absolute atomic E-state index is 0.0291. The molecule has 1 unspecified atom stereocenters. The summed E-state index contributed by atoms with van der Waals surface area (Å²) in [7, 11) is 1.17. The number of phosphoric acid groups is 1. The number of nitrogens with zero attached hydrogens (tertiary/aromatic N) is 1. The molecule has 0 rings (SSSR count). The molecule has 0 aliphatic heterocycles. The van der Waals surface area contributed by atoms with E-state index in [0.29, 0.717) is 17.4 Å². The van der Waals surface area contributed by atoms with Crippen molar-refractivity contribution in [3.05, 3.63) is 12.2 Å². The first-order valence-corrected chi connectivity index (χ1v) is 22.4. The van der Waals surface area contributed by atoms with Gasteiger partial charge in [0, 0.05) is 12.8 Å². The van der Waals surface area contributed by atoms with E-state index in [9.17, 15) is 19.0 Å². The van der Waals surface area contributed by atoms with E-state index in [-0.39, 0.29) is 32.0 Å². The first kappa shape index (κ1) is 49.8. The summed E-state index contributed by atoms with van der Waals surface area (Å²) < 4.78 is 33.8. The third-order valence-corrected chi connectivity index (χ3v) is 10.00. The van der Waals surface area contributed by atoms with Crippen LogP contribution >= 0.6 is 7.82 Å². The van der Waals surface area contributed by atoms with Crippen molar-refractivity contribution < 1.29 is 42.1 Å². The maximum Gasteiger partial charge on any atom is 0.306 e. The summed E-state index contributed by atoms with van der Waals surface area (Å²) >= 11 is 0. The molecule has 0 saturated carbocycles. The summed E-state index contributed by atoms with van der Waals surface area (Å²) in [5, 5.41) is 0. The van der Waals surface area contributed by atoms with E-state index in [2.05, 4.69) is 26.0 Å². The van der Waals surface area contributed by atoms with Crippen LogP contribution in [0.2, 0.25) is 0 Å². The average Bonchev–Trinajstić information content (AvgIpc) is 3.07. The number of likely N-dealkylation sites (N-methyl/N-ethyl adjacent to an activating group) is 1. The predicted octanol–water partition coefficient (Wildman–Crippen LogP) is 10.8. The third kappa shape index (κ3) is 38.3. The number of phosphoric ester groups is 1. The van der Waals surface area contributed by atoms with Gasteiger partial charge in [0.2, 0.25) is 0 Å². The molecular weight excluding hydrogens is 665 g/mol. The van der Waals surface area contributed by atoms with Gasteiger partial charge in [0.15, 0.2) is 6.10 Å². The molecule has 2 atom stereocenters. The molecule has 0 aliphatic rings. The van der Waals surface area contributed by atoms with E-state index in [0.717, 1.165) is 51.4 Å². The van der Waals surface area contributed by atoms with Crippen LogP contribution in [0.1, 0.15) is 187 Å². The van der Waals surface area contributed by atoms with Crippen molar-refractivity contribution in [2.75, 3.05) is 47.5 Å². The zero-order valence-electron chi connectivity index (χ0n) is 33.8. The van der Waals surface area contributed by atoms with Crippen molar-refractivity contribution in [3.63, 3.8) is 0 Å². The van der Waals surface area contributed by atoms with Gasteiger partial charge >= 0.3 is 11.9 Å². The number of quaternary nitrogens is 1. The second-order valence-electron chi connectivity index (χ2n) is 15.4. The predicted molar refractivity (Wildman–Crippen MR) is 208 cm³/mol. The van der Waals surface area contributed by atoms with Gasteiger partial charge in [-0.05, 0) is 38.5 Å². The van der Waals surface area contributed by atoms with Gasteiger partial charge < -0.3 is 27.9 Å². The Bertz CT molecular complexity index is 891. The standard InChI is InChI=1S/C41H80NO8P/c1-6-8-10-12-14-16-18-20-22-23-25-27-29-31-33-40(43)47-37-39(38-49-51(45,46)48-36-35-42(3,4)5)50-41(44)34-32-30-28-26-24-21-19-17-15-13-11-9-7-2/h18,20,39H,6-17,19,21-38H2,1-5H3/b20-18+/t39-/m1/s1. The summed E-state index contributed by atoms with van der Waals surface area (Å²) in [6.07, 6.45) is 33.7. The lowest BCUT2D eigenvalue weighted by atomic mass is 10.0. The summed E-state index contributed by atoms with van der Waals surface area (Å²) in [5.41, 5.74) is 0. The number of esters is 2. The highest BCUT2D eigenvalue weighted by Gasteiger charge is 2.21. The molecule has 0 aromatic carbocycles. The zero-order valence-corrected chi connectivity index (χ0v) is 34.7. The monoisotopic (exact) mass is 746 g/mol. The van der Waals surface area contributed by atoms with Crippen molar-refractivity contribution in [2.45, 2.75) is 193 Å². The fourth-order valence-corrected chi connectivity index (χ4v) is 6.44. The van der Waals surface area contributed by atoms with Crippen LogP contribution in [0.3, 0.4) is 0 Å².